The molecule has 0 saturated carbocycles. The molecule has 2 heterocycles. The first-order valence-corrected chi connectivity index (χ1v) is 7.48. The fraction of sp³-hybridized carbons (Fsp3) is 0.214. The fourth-order valence-corrected chi connectivity index (χ4v) is 3.07. The molecule has 7 heteroatoms. The van der Waals surface area contributed by atoms with Gasteiger partial charge in [-0.1, -0.05) is 6.92 Å². The third-order valence-corrected chi connectivity index (χ3v) is 4.23. The first kappa shape index (κ1) is 13.7. The SMILES string of the molecule is CCCn1c(Sc2ccc3ncccc3c2N)n[nH]c1=O. The quantitative estimate of drug-likeness (QED) is 0.721. The van der Waals surface area contributed by atoms with Crippen LogP contribution in [0.15, 0.2) is 45.3 Å². The highest BCUT2D eigenvalue weighted by Gasteiger charge is 2.12. The lowest BCUT2D eigenvalue weighted by molar-refractivity contribution is 0.604. The molecule has 0 atom stereocenters. The molecular weight excluding hydrogens is 286 g/mol. The van der Waals surface area contributed by atoms with E-state index < -0.39 is 0 Å². The van der Waals surface area contributed by atoms with Crippen LogP contribution in [-0.4, -0.2) is 19.7 Å². The molecule has 0 bridgehead atoms. The van der Waals surface area contributed by atoms with E-state index in [2.05, 4.69) is 15.2 Å². The van der Waals surface area contributed by atoms with Gasteiger partial charge in [0.15, 0.2) is 5.16 Å². The smallest absolute Gasteiger partial charge is 0.343 e. The molecule has 6 nitrogen and oxygen atoms in total. The van der Waals surface area contributed by atoms with Crippen molar-refractivity contribution in [3.05, 3.63) is 40.9 Å². The van der Waals surface area contributed by atoms with Gasteiger partial charge in [-0.3, -0.25) is 9.55 Å². The summed E-state index contributed by atoms with van der Waals surface area (Å²) >= 11 is 1.38. The molecule has 0 spiro atoms. The largest absolute Gasteiger partial charge is 0.397 e. The third-order valence-electron chi connectivity index (χ3n) is 3.16. The number of anilines is 1. The second kappa shape index (κ2) is 5.61. The van der Waals surface area contributed by atoms with Gasteiger partial charge in [0, 0.05) is 23.0 Å². The molecule has 0 aliphatic rings. The maximum absolute atomic E-state index is 11.7. The lowest BCUT2D eigenvalue weighted by atomic mass is 10.2. The number of fused-ring (bicyclic) bond motifs is 1. The minimum atomic E-state index is -0.194. The summed E-state index contributed by atoms with van der Waals surface area (Å²) < 4.78 is 1.62. The van der Waals surface area contributed by atoms with Gasteiger partial charge in [-0.05, 0) is 42.4 Å². The van der Waals surface area contributed by atoms with Crippen LogP contribution in [0.2, 0.25) is 0 Å². The van der Waals surface area contributed by atoms with Gasteiger partial charge in [0.1, 0.15) is 0 Å². The normalized spacial score (nSPS) is 11.1. The maximum atomic E-state index is 11.7. The fourth-order valence-electron chi connectivity index (χ4n) is 2.14. The molecule has 108 valence electrons. The molecule has 2 aromatic heterocycles. The predicted octanol–water partition coefficient (Wildman–Crippen LogP) is 2.26. The molecule has 3 rings (SSSR count). The van der Waals surface area contributed by atoms with Gasteiger partial charge in [0.25, 0.3) is 0 Å². The number of hydrogen-bond acceptors (Lipinski definition) is 5. The summed E-state index contributed by atoms with van der Waals surface area (Å²) in [6.45, 7) is 2.65. The number of H-pyrrole nitrogens is 1. The van der Waals surface area contributed by atoms with Crippen molar-refractivity contribution in [3.8, 4) is 0 Å². The number of nitrogens with two attached hydrogens (primary N) is 1. The molecule has 3 N–H and O–H groups in total. The highest BCUT2D eigenvalue weighted by molar-refractivity contribution is 7.99. The topological polar surface area (TPSA) is 89.6 Å². The Hall–Kier alpha value is -2.28. The molecule has 0 aliphatic carbocycles. The second-order valence-electron chi connectivity index (χ2n) is 4.61. The highest BCUT2D eigenvalue weighted by Crippen LogP contribution is 2.34. The Morgan fingerprint density at radius 3 is 3.05 bits per heavy atom. The van der Waals surface area contributed by atoms with Crippen molar-refractivity contribution in [2.75, 3.05) is 5.73 Å². The Morgan fingerprint density at radius 1 is 1.38 bits per heavy atom. The summed E-state index contributed by atoms with van der Waals surface area (Å²) in [7, 11) is 0. The first-order chi connectivity index (χ1) is 10.2. The van der Waals surface area contributed by atoms with Crippen LogP contribution in [0.5, 0.6) is 0 Å². The zero-order chi connectivity index (χ0) is 14.8. The average molecular weight is 301 g/mol. The third kappa shape index (κ3) is 2.52. The van der Waals surface area contributed by atoms with Crippen LogP contribution < -0.4 is 11.4 Å². The van der Waals surface area contributed by atoms with Gasteiger partial charge in [-0.25, -0.2) is 9.89 Å². The van der Waals surface area contributed by atoms with E-state index in [1.807, 2.05) is 31.2 Å². The van der Waals surface area contributed by atoms with Gasteiger partial charge >= 0.3 is 5.69 Å². The number of rotatable bonds is 4. The molecule has 0 amide bonds. The van der Waals surface area contributed by atoms with Crippen molar-refractivity contribution < 1.29 is 0 Å². The predicted molar refractivity (Wildman–Crippen MR) is 83.4 cm³/mol. The molecule has 0 radical (unpaired) electrons. The van der Waals surface area contributed by atoms with E-state index in [0.717, 1.165) is 22.2 Å². The highest BCUT2D eigenvalue weighted by atomic mass is 32.2. The number of aromatic amines is 1. The van der Waals surface area contributed by atoms with Crippen LogP contribution in [0.3, 0.4) is 0 Å². The number of aromatic nitrogens is 4. The minimum absolute atomic E-state index is 0.194. The lowest BCUT2D eigenvalue weighted by Gasteiger charge is -2.08. The minimum Gasteiger partial charge on any atom is -0.397 e. The zero-order valence-corrected chi connectivity index (χ0v) is 12.4. The van der Waals surface area contributed by atoms with E-state index in [4.69, 9.17) is 5.73 Å². The van der Waals surface area contributed by atoms with Gasteiger partial charge in [0.2, 0.25) is 0 Å². The van der Waals surface area contributed by atoms with E-state index in [0.29, 0.717) is 17.4 Å². The van der Waals surface area contributed by atoms with Crippen LogP contribution in [0.25, 0.3) is 10.9 Å². The van der Waals surface area contributed by atoms with Crippen molar-refractivity contribution in [1.82, 2.24) is 19.7 Å². The zero-order valence-electron chi connectivity index (χ0n) is 11.5. The Balaban J connectivity index is 2.02. The van der Waals surface area contributed by atoms with Gasteiger partial charge in [-0.2, -0.15) is 0 Å². The maximum Gasteiger partial charge on any atom is 0.343 e. The van der Waals surface area contributed by atoms with Gasteiger partial charge in [-0.15, -0.1) is 5.10 Å². The summed E-state index contributed by atoms with van der Waals surface area (Å²) in [6.07, 6.45) is 2.60. The number of benzene rings is 1. The number of nitrogens with one attached hydrogen (secondary N) is 1. The van der Waals surface area contributed by atoms with Crippen molar-refractivity contribution >= 4 is 28.4 Å². The van der Waals surface area contributed by atoms with Crippen LogP contribution in [-0.2, 0) is 6.54 Å². The standard InChI is InChI=1S/C14H15N5OS/c1-2-8-19-13(20)17-18-14(19)21-11-6-5-10-9(12(11)15)4-3-7-16-10/h3-7H,2,8,15H2,1H3,(H,17,20). The van der Waals surface area contributed by atoms with E-state index in [1.165, 1.54) is 11.8 Å². The molecule has 3 aromatic rings. The molecular formula is C14H15N5OS. The molecule has 0 saturated heterocycles. The van der Waals surface area contributed by atoms with Crippen LogP contribution in [0.1, 0.15) is 13.3 Å². The summed E-state index contributed by atoms with van der Waals surface area (Å²) in [5.74, 6) is 0. The van der Waals surface area contributed by atoms with Crippen LogP contribution in [0, 0.1) is 0 Å². The van der Waals surface area contributed by atoms with E-state index in [1.54, 1.807) is 10.8 Å². The van der Waals surface area contributed by atoms with Crippen molar-refractivity contribution in [3.63, 3.8) is 0 Å². The number of pyridine rings is 1. The van der Waals surface area contributed by atoms with Crippen molar-refractivity contribution in [1.29, 1.82) is 0 Å². The Bertz CT molecular complexity index is 839. The number of nitrogens with zero attached hydrogens (tertiary/aromatic N) is 3. The Morgan fingerprint density at radius 2 is 2.24 bits per heavy atom. The summed E-state index contributed by atoms with van der Waals surface area (Å²) in [5.41, 5.74) is 7.53. The second-order valence-corrected chi connectivity index (χ2v) is 5.62. The Kier molecular flexibility index (Phi) is 3.66. The first-order valence-electron chi connectivity index (χ1n) is 6.67. The van der Waals surface area contributed by atoms with E-state index in [-0.39, 0.29) is 5.69 Å². The Labute approximate surface area is 125 Å². The van der Waals surface area contributed by atoms with Crippen LogP contribution in [0.4, 0.5) is 5.69 Å². The number of nitrogen functional groups attached to an aromatic ring is 1. The average Bonchev–Trinajstić information content (AvgIpc) is 2.84. The molecule has 1 aromatic carbocycles. The molecule has 0 unspecified atom stereocenters. The van der Waals surface area contributed by atoms with E-state index in [9.17, 15) is 4.79 Å². The summed E-state index contributed by atoms with van der Waals surface area (Å²) in [4.78, 5) is 16.9. The van der Waals surface area contributed by atoms with Crippen molar-refractivity contribution in [2.45, 2.75) is 29.9 Å². The molecule has 0 aliphatic heterocycles. The molecule has 21 heavy (non-hydrogen) atoms. The molecule has 0 fully saturated rings. The van der Waals surface area contributed by atoms with Gasteiger partial charge in [0.05, 0.1) is 11.2 Å². The van der Waals surface area contributed by atoms with Gasteiger partial charge < -0.3 is 5.73 Å². The monoisotopic (exact) mass is 301 g/mol. The lowest BCUT2D eigenvalue weighted by Crippen LogP contribution is -2.17. The van der Waals surface area contributed by atoms with E-state index >= 15 is 0 Å². The van der Waals surface area contributed by atoms with Crippen molar-refractivity contribution in [2.24, 2.45) is 0 Å². The van der Waals surface area contributed by atoms with Crippen LogP contribution >= 0.6 is 11.8 Å². The summed E-state index contributed by atoms with van der Waals surface area (Å²) in [6, 6.07) is 7.62. The number of hydrogen-bond donors (Lipinski definition) is 2. The summed E-state index contributed by atoms with van der Waals surface area (Å²) in [5, 5.41) is 8.08.